The average Bonchev–Trinajstić information content (AvgIpc) is 2.51. The van der Waals surface area contributed by atoms with Crippen LogP contribution in [0.4, 0.5) is 0 Å². The van der Waals surface area contributed by atoms with Crippen LogP contribution in [0.5, 0.6) is 0 Å². The summed E-state index contributed by atoms with van der Waals surface area (Å²) in [5, 5.41) is 4.16. The van der Waals surface area contributed by atoms with Crippen molar-refractivity contribution in [3.8, 4) is 0 Å². The normalized spacial score (nSPS) is 21.5. The standard InChI is InChI=1S/C17H23ClN2O/c1-13-5-6-14(11-15(13)18)16(21)20-10-9-19-12-17(20)7-3-2-4-8-17/h5-6,11,19H,2-4,7-10,12H2,1H3. The third kappa shape index (κ3) is 2.82. The van der Waals surface area contributed by atoms with E-state index in [-0.39, 0.29) is 11.4 Å². The Morgan fingerprint density at radius 3 is 2.76 bits per heavy atom. The van der Waals surface area contributed by atoms with Gasteiger partial charge in [-0.3, -0.25) is 4.79 Å². The van der Waals surface area contributed by atoms with E-state index < -0.39 is 0 Å². The Bertz CT molecular complexity index is 529. The lowest BCUT2D eigenvalue weighted by molar-refractivity contribution is 0.0222. The van der Waals surface area contributed by atoms with Crippen LogP contribution in [0.2, 0.25) is 5.02 Å². The quantitative estimate of drug-likeness (QED) is 0.862. The topological polar surface area (TPSA) is 32.3 Å². The summed E-state index contributed by atoms with van der Waals surface area (Å²) < 4.78 is 0. The molecule has 4 heteroatoms. The van der Waals surface area contributed by atoms with Crippen molar-refractivity contribution in [3.63, 3.8) is 0 Å². The highest BCUT2D eigenvalue weighted by molar-refractivity contribution is 6.31. The molecule has 21 heavy (non-hydrogen) atoms. The number of carbonyl (C=O) groups excluding carboxylic acids is 1. The molecule has 0 aromatic heterocycles. The molecule has 1 spiro atoms. The maximum atomic E-state index is 13.0. The number of hydrogen-bond acceptors (Lipinski definition) is 2. The lowest BCUT2D eigenvalue weighted by Gasteiger charge is -2.49. The van der Waals surface area contributed by atoms with Gasteiger partial charge in [-0.2, -0.15) is 0 Å². The number of hydrogen-bond donors (Lipinski definition) is 1. The third-order valence-corrected chi connectivity index (χ3v) is 5.39. The molecule has 3 rings (SSSR count). The van der Waals surface area contributed by atoms with E-state index in [0.717, 1.165) is 43.6 Å². The van der Waals surface area contributed by atoms with Crippen molar-refractivity contribution < 1.29 is 4.79 Å². The molecule has 0 bridgehead atoms. The van der Waals surface area contributed by atoms with E-state index >= 15 is 0 Å². The number of nitrogens with zero attached hydrogens (tertiary/aromatic N) is 1. The van der Waals surface area contributed by atoms with Gasteiger partial charge in [0.25, 0.3) is 5.91 Å². The predicted octanol–water partition coefficient (Wildman–Crippen LogP) is 3.40. The van der Waals surface area contributed by atoms with Gasteiger partial charge in [0.05, 0.1) is 5.54 Å². The molecule has 1 N–H and O–H groups in total. The van der Waals surface area contributed by atoms with Gasteiger partial charge < -0.3 is 10.2 Å². The van der Waals surface area contributed by atoms with Crippen LogP contribution >= 0.6 is 11.6 Å². The minimum absolute atomic E-state index is 0.0188. The van der Waals surface area contributed by atoms with Gasteiger partial charge in [0.1, 0.15) is 0 Å². The molecule has 1 aliphatic heterocycles. The zero-order chi connectivity index (χ0) is 14.9. The Morgan fingerprint density at radius 2 is 2.05 bits per heavy atom. The first-order valence-electron chi connectivity index (χ1n) is 7.91. The minimum atomic E-state index is 0.0188. The number of halogens is 1. The third-order valence-electron chi connectivity index (χ3n) is 4.99. The number of amides is 1. The monoisotopic (exact) mass is 306 g/mol. The van der Waals surface area contributed by atoms with Crippen LogP contribution < -0.4 is 5.32 Å². The van der Waals surface area contributed by atoms with Crippen LogP contribution in [-0.4, -0.2) is 36.0 Å². The fraction of sp³-hybridized carbons (Fsp3) is 0.588. The summed E-state index contributed by atoms with van der Waals surface area (Å²) >= 11 is 6.19. The summed E-state index contributed by atoms with van der Waals surface area (Å²) in [5.74, 6) is 0.139. The van der Waals surface area contributed by atoms with Gasteiger partial charge in [-0.25, -0.2) is 0 Å². The molecular formula is C17H23ClN2O. The molecule has 0 radical (unpaired) electrons. The first-order chi connectivity index (χ1) is 10.1. The highest BCUT2D eigenvalue weighted by atomic mass is 35.5. The Kier molecular flexibility index (Phi) is 4.23. The largest absolute Gasteiger partial charge is 0.330 e. The number of nitrogens with one attached hydrogen (secondary N) is 1. The van der Waals surface area contributed by atoms with E-state index in [2.05, 4.69) is 10.2 Å². The number of aryl methyl sites for hydroxylation is 1. The average molecular weight is 307 g/mol. The van der Waals surface area contributed by atoms with E-state index in [1.807, 2.05) is 25.1 Å². The Hall–Kier alpha value is -1.06. The van der Waals surface area contributed by atoms with Gasteiger partial charge in [0, 0.05) is 30.2 Å². The molecule has 1 amide bonds. The molecule has 3 nitrogen and oxygen atoms in total. The maximum absolute atomic E-state index is 13.0. The number of benzene rings is 1. The summed E-state index contributed by atoms with van der Waals surface area (Å²) in [5.41, 5.74) is 1.75. The summed E-state index contributed by atoms with van der Waals surface area (Å²) in [6.07, 6.45) is 5.97. The van der Waals surface area contributed by atoms with Gasteiger partial charge in [0.15, 0.2) is 0 Å². The lowest BCUT2D eigenvalue weighted by Crippen LogP contribution is -2.63. The Morgan fingerprint density at radius 1 is 1.29 bits per heavy atom. The molecule has 1 saturated carbocycles. The van der Waals surface area contributed by atoms with Crippen LogP contribution in [0.25, 0.3) is 0 Å². The molecule has 2 fully saturated rings. The van der Waals surface area contributed by atoms with Crippen molar-refractivity contribution in [2.75, 3.05) is 19.6 Å². The molecule has 1 aromatic carbocycles. The van der Waals surface area contributed by atoms with E-state index in [1.165, 1.54) is 19.3 Å². The second-order valence-corrected chi connectivity index (χ2v) is 6.79. The summed E-state index contributed by atoms with van der Waals surface area (Å²) in [7, 11) is 0. The summed E-state index contributed by atoms with van der Waals surface area (Å²) in [4.78, 5) is 15.1. The fourth-order valence-electron chi connectivity index (χ4n) is 3.70. The van der Waals surface area contributed by atoms with E-state index in [1.54, 1.807) is 0 Å². The Balaban J connectivity index is 1.88. The number of piperazine rings is 1. The van der Waals surface area contributed by atoms with Crippen LogP contribution in [0.1, 0.15) is 48.0 Å². The second kappa shape index (κ2) is 5.98. The van der Waals surface area contributed by atoms with E-state index in [0.29, 0.717) is 5.02 Å². The highest BCUT2D eigenvalue weighted by Gasteiger charge is 2.42. The van der Waals surface area contributed by atoms with Crippen LogP contribution in [0.3, 0.4) is 0 Å². The summed E-state index contributed by atoms with van der Waals surface area (Å²) in [6, 6.07) is 5.66. The molecule has 1 aromatic rings. The molecule has 0 atom stereocenters. The SMILES string of the molecule is Cc1ccc(C(=O)N2CCNCC23CCCCC3)cc1Cl. The highest BCUT2D eigenvalue weighted by Crippen LogP contribution is 2.35. The van der Waals surface area contributed by atoms with Gasteiger partial charge in [-0.05, 0) is 37.5 Å². The second-order valence-electron chi connectivity index (χ2n) is 6.38. The fourth-order valence-corrected chi connectivity index (χ4v) is 3.88. The van der Waals surface area contributed by atoms with Crippen LogP contribution in [0, 0.1) is 6.92 Å². The maximum Gasteiger partial charge on any atom is 0.254 e. The number of carbonyl (C=O) groups is 1. The molecule has 1 saturated heterocycles. The van der Waals surface area contributed by atoms with Gasteiger partial charge in [-0.15, -0.1) is 0 Å². The van der Waals surface area contributed by atoms with Crippen LogP contribution in [0.15, 0.2) is 18.2 Å². The van der Waals surface area contributed by atoms with Crippen molar-refractivity contribution >= 4 is 17.5 Å². The van der Waals surface area contributed by atoms with Crippen molar-refractivity contribution in [2.24, 2.45) is 0 Å². The molecule has 1 aliphatic carbocycles. The van der Waals surface area contributed by atoms with Gasteiger partial charge in [0.2, 0.25) is 0 Å². The molecular weight excluding hydrogens is 284 g/mol. The molecule has 0 unspecified atom stereocenters. The first-order valence-corrected chi connectivity index (χ1v) is 8.29. The van der Waals surface area contributed by atoms with Crippen molar-refractivity contribution in [1.29, 1.82) is 0 Å². The zero-order valence-electron chi connectivity index (χ0n) is 12.6. The predicted molar refractivity (Wildman–Crippen MR) is 85.9 cm³/mol. The van der Waals surface area contributed by atoms with E-state index in [4.69, 9.17) is 11.6 Å². The lowest BCUT2D eigenvalue weighted by atomic mass is 9.78. The van der Waals surface area contributed by atoms with Gasteiger partial charge >= 0.3 is 0 Å². The molecule has 1 heterocycles. The molecule has 2 aliphatic rings. The zero-order valence-corrected chi connectivity index (χ0v) is 13.4. The van der Waals surface area contributed by atoms with Crippen molar-refractivity contribution in [3.05, 3.63) is 34.3 Å². The molecule has 114 valence electrons. The van der Waals surface area contributed by atoms with Gasteiger partial charge in [-0.1, -0.05) is 36.9 Å². The van der Waals surface area contributed by atoms with Crippen LogP contribution in [-0.2, 0) is 0 Å². The van der Waals surface area contributed by atoms with Crippen molar-refractivity contribution in [2.45, 2.75) is 44.6 Å². The summed E-state index contributed by atoms with van der Waals surface area (Å²) in [6.45, 7) is 4.57. The van der Waals surface area contributed by atoms with E-state index in [9.17, 15) is 4.79 Å². The smallest absolute Gasteiger partial charge is 0.254 e. The minimum Gasteiger partial charge on any atom is -0.330 e. The number of rotatable bonds is 1. The first kappa shape index (κ1) is 14.9. The van der Waals surface area contributed by atoms with Crippen molar-refractivity contribution in [1.82, 2.24) is 10.2 Å². The Labute approximate surface area is 131 Å².